The van der Waals surface area contributed by atoms with Crippen LogP contribution in [0, 0.1) is 0 Å². The van der Waals surface area contributed by atoms with Gasteiger partial charge in [-0.15, -0.1) is 0 Å². The van der Waals surface area contributed by atoms with Gasteiger partial charge in [0.2, 0.25) is 0 Å². The molecule has 0 rings (SSSR count). The second-order valence-electron chi connectivity index (χ2n) is 5.82. The third kappa shape index (κ3) is 4.27. The van der Waals surface area contributed by atoms with Crippen molar-refractivity contribution in [3.63, 3.8) is 0 Å². The largest absolute Gasteiger partial charge is 0.477 e. The Morgan fingerprint density at radius 1 is 0.471 bits per heavy atom. The molecule has 0 bridgehead atoms. The third-order valence-corrected chi connectivity index (χ3v) is 3.72. The molecule has 0 atom stereocenters. The Labute approximate surface area is 214 Å². The monoisotopic (exact) mass is 585 g/mol. The van der Waals surface area contributed by atoms with Crippen molar-refractivity contribution in [1.29, 1.82) is 0 Å². The van der Waals surface area contributed by atoms with Gasteiger partial charge in [0.25, 0.3) is 0 Å². The fourth-order valence-electron chi connectivity index (χ4n) is 1.66. The summed E-state index contributed by atoms with van der Waals surface area (Å²) in [6.07, 6.45) is -6.14. The first-order valence-corrected chi connectivity index (χ1v) is 6.80. The van der Waals surface area contributed by atoms with E-state index in [-0.39, 0.29) is 51.4 Å². The Balaban J connectivity index is 0. The number of carbonyl (C=O) groups is 1. The van der Waals surface area contributed by atoms with Crippen LogP contribution in [0.25, 0.3) is 0 Å². The summed E-state index contributed by atoms with van der Waals surface area (Å²) in [5.41, 5.74) is 0. The average Bonchev–Trinajstić information content (AvgIpc) is 2.59. The summed E-state index contributed by atoms with van der Waals surface area (Å²) in [6.45, 7) is 0. The van der Waals surface area contributed by atoms with Crippen LogP contribution >= 0.6 is 0 Å². The average molecular weight is 585 g/mol. The third-order valence-electron chi connectivity index (χ3n) is 3.72. The maximum Gasteiger partial charge on any atom is 0.410 e. The smallest absolute Gasteiger partial charge is 0.410 e. The van der Waals surface area contributed by atoms with E-state index in [9.17, 15) is 92.6 Å². The van der Waals surface area contributed by atoms with E-state index in [0.717, 1.165) is 0 Å². The van der Waals surface area contributed by atoms with Gasteiger partial charge in [-0.25, -0.2) is 13.6 Å². The summed E-state index contributed by atoms with van der Waals surface area (Å²) in [5, 5.41) is 7.63. The molecule has 1 N–H and O–H groups in total. The number of alkyl halides is 20. The van der Waals surface area contributed by atoms with Crippen LogP contribution in [0.15, 0.2) is 0 Å². The first-order chi connectivity index (χ1) is 13.9. The van der Waals surface area contributed by atoms with Crippen LogP contribution in [0.4, 0.5) is 87.8 Å². The maximum absolute atomic E-state index is 13.3. The molecule has 0 amide bonds. The van der Waals surface area contributed by atoms with Gasteiger partial charge >= 0.3 is 65.7 Å². The zero-order chi connectivity index (χ0) is 27.7. The quantitative estimate of drug-likeness (QED) is 0.265. The molecule has 23 heteroatoms. The van der Waals surface area contributed by atoms with Crippen LogP contribution in [-0.2, 0) is 4.79 Å². The Kier molecular flexibility index (Phi) is 9.73. The molecule has 0 saturated carbocycles. The van der Waals surface area contributed by atoms with Gasteiger partial charge in [-0.2, -0.15) is 79.0 Å². The molecule has 34 heavy (non-hydrogen) atoms. The Hall–Kier alpha value is -0.294. The molecule has 199 valence electrons. The van der Waals surface area contributed by atoms with Gasteiger partial charge in [0.15, 0.2) is 0 Å². The molecule has 0 unspecified atom stereocenters. The van der Waals surface area contributed by atoms with Crippen molar-refractivity contribution in [3.05, 3.63) is 0 Å². The van der Waals surface area contributed by atoms with Crippen molar-refractivity contribution in [2.75, 3.05) is 0 Å². The zero-order valence-electron chi connectivity index (χ0n) is 15.0. The van der Waals surface area contributed by atoms with Crippen molar-refractivity contribution in [2.24, 2.45) is 0 Å². The summed E-state index contributed by atoms with van der Waals surface area (Å²) >= 11 is 0. The topological polar surface area (TPSA) is 37.3 Å². The van der Waals surface area contributed by atoms with Gasteiger partial charge in [-0.3, -0.25) is 0 Å². The van der Waals surface area contributed by atoms with E-state index in [1.807, 2.05) is 0 Å². The van der Waals surface area contributed by atoms with Gasteiger partial charge in [-0.05, 0) is 0 Å². The van der Waals surface area contributed by atoms with Crippen LogP contribution in [0.3, 0.4) is 0 Å². The van der Waals surface area contributed by atoms with Gasteiger partial charge in [0.1, 0.15) is 0 Å². The second kappa shape index (κ2) is 9.22. The zero-order valence-corrected chi connectivity index (χ0v) is 18.1. The van der Waals surface area contributed by atoms with Crippen LogP contribution in [0.1, 0.15) is 0 Å². The molecule has 0 saturated heterocycles. The van der Waals surface area contributed by atoms with Crippen LogP contribution < -0.4 is 0 Å². The van der Waals surface area contributed by atoms with E-state index >= 15 is 0 Å². The van der Waals surface area contributed by atoms with E-state index in [0.29, 0.717) is 0 Å². The molecule has 0 aliphatic rings. The van der Waals surface area contributed by atoms with Gasteiger partial charge < -0.3 is 5.11 Å². The molecule has 0 fully saturated rings. The molecule has 0 aromatic heterocycles. The Morgan fingerprint density at radius 3 is 0.882 bits per heavy atom. The molecular formula is C11H2F20KO2. The number of hydrogen-bond donors (Lipinski definition) is 1. The van der Waals surface area contributed by atoms with Crippen LogP contribution in [0.5, 0.6) is 0 Å². The number of hydrogen-bond acceptors (Lipinski definition) is 1. The first-order valence-electron chi connectivity index (χ1n) is 6.80. The molecule has 0 heterocycles. The van der Waals surface area contributed by atoms with E-state index in [4.69, 9.17) is 5.11 Å². The Bertz CT molecular complexity index is 758. The molecule has 0 spiro atoms. The number of halogens is 20. The maximum atomic E-state index is 13.3. The normalized spacial score (nSPS) is 15.9. The van der Waals surface area contributed by atoms with Gasteiger partial charge in [0, 0.05) is 51.4 Å². The predicted octanol–water partition coefficient (Wildman–Crippen LogP) is 5.67. The summed E-state index contributed by atoms with van der Waals surface area (Å²) in [6, 6.07) is 0. The molecule has 0 aromatic carbocycles. The number of carboxylic acid groups (broad SMARTS) is 1. The van der Waals surface area contributed by atoms with Crippen LogP contribution in [-0.4, -0.2) is 122 Å². The second-order valence-corrected chi connectivity index (χ2v) is 5.82. The first kappa shape index (κ1) is 35.9. The fourth-order valence-corrected chi connectivity index (χ4v) is 1.66. The molecule has 0 aromatic rings. The fraction of sp³-hybridized carbons (Fsp3) is 0.909. The summed E-state index contributed by atoms with van der Waals surface area (Å²) in [7, 11) is 0. The molecule has 0 aliphatic carbocycles. The van der Waals surface area contributed by atoms with Gasteiger partial charge in [-0.1, -0.05) is 0 Å². The molecule has 0 aliphatic heterocycles. The van der Waals surface area contributed by atoms with E-state index < -0.39 is 65.7 Å². The Morgan fingerprint density at radius 2 is 0.676 bits per heavy atom. The molecule has 2 nitrogen and oxygen atoms in total. The number of rotatable bonds is 10. The van der Waals surface area contributed by atoms with E-state index in [1.54, 1.807) is 0 Å². The minimum atomic E-state index is -9.15. The minimum absolute atomic E-state index is 0. The molecule has 1 radical (unpaired) electrons. The summed E-state index contributed by atoms with van der Waals surface area (Å²) < 4.78 is 258. The van der Waals surface area contributed by atoms with Crippen molar-refractivity contribution in [1.82, 2.24) is 0 Å². The van der Waals surface area contributed by atoms with Crippen molar-refractivity contribution in [2.45, 2.75) is 59.7 Å². The van der Waals surface area contributed by atoms with E-state index in [2.05, 4.69) is 0 Å². The SMILES string of the molecule is O=C(O)C(F)(F)C(F)(F)C(F)(F)C(F)(F)C(F)(F)C(F)(F)C(F)(F)C(F)(F)C(F)(F)C(F)F.[K]. The summed E-state index contributed by atoms with van der Waals surface area (Å²) in [5.74, 6) is -81.7. The molecular weight excluding hydrogens is 583 g/mol. The minimum Gasteiger partial charge on any atom is -0.477 e. The van der Waals surface area contributed by atoms with Crippen molar-refractivity contribution < 1.29 is 97.7 Å². The number of aliphatic carboxylic acids is 1. The van der Waals surface area contributed by atoms with Crippen molar-refractivity contribution in [3.8, 4) is 0 Å². The summed E-state index contributed by atoms with van der Waals surface area (Å²) in [4.78, 5) is 9.84. The van der Waals surface area contributed by atoms with Crippen molar-refractivity contribution >= 4 is 57.4 Å². The standard InChI is InChI=1S/C11H2F20O2.K/c12-1(13)3(14,15)5(18,19)7(22,23)9(26,27)11(30,31)10(28,29)8(24,25)6(20,21)4(16,17)2(32)33;/h1H,(H,32,33);. The van der Waals surface area contributed by atoms with Crippen LogP contribution in [0.2, 0.25) is 0 Å². The predicted molar refractivity (Wildman–Crippen MR) is 63.9 cm³/mol. The van der Waals surface area contributed by atoms with E-state index in [1.165, 1.54) is 0 Å². The number of carboxylic acids is 1. The van der Waals surface area contributed by atoms with Gasteiger partial charge in [0.05, 0.1) is 0 Å².